The third-order valence-corrected chi connectivity index (χ3v) is 3.39. The molecule has 1 fully saturated rings. The predicted octanol–water partition coefficient (Wildman–Crippen LogP) is 1.83. The fraction of sp³-hybridized carbons (Fsp3) is 0.500. The van der Waals surface area contributed by atoms with E-state index in [9.17, 15) is 4.79 Å². The Labute approximate surface area is 108 Å². The number of anilines is 1. The highest BCUT2D eigenvalue weighted by Crippen LogP contribution is 2.29. The minimum atomic E-state index is 0.0688. The van der Waals surface area contributed by atoms with Crippen LogP contribution in [0, 0.1) is 6.92 Å². The highest BCUT2D eigenvalue weighted by molar-refractivity contribution is 5.97. The van der Waals surface area contributed by atoms with Crippen LogP contribution < -0.4 is 5.73 Å². The van der Waals surface area contributed by atoms with Gasteiger partial charge in [-0.05, 0) is 37.5 Å². The number of ether oxygens (including phenoxy) is 1. The van der Waals surface area contributed by atoms with Gasteiger partial charge in [-0.3, -0.25) is 4.79 Å². The molecule has 2 N–H and O–H groups in total. The molecule has 4 heteroatoms. The van der Waals surface area contributed by atoms with Gasteiger partial charge >= 0.3 is 0 Å². The molecular formula is C14H20N2O2. The van der Waals surface area contributed by atoms with E-state index in [0.717, 1.165) is 18.4 Å². The van der Waals surface area contributed by atoms with Gasteiger partial charge in [0.1, 0.15) is 0 Å². The molecule has 1 saturated carbocycles. The number of nitrogens with two attached hydrogens (primary N) is 1. The Balaban J connectivity index is 2.19. The van der Waals surface area contributed by atoms with Crippen LogP contribution in [0.3, 0.4) is 0 Å². The average molecular weight is 248 g/mol. The highest BCUT2D eigenvalue weighted by Gasteiger charge is 2.33. The highest BCUT2D eigenvalue weighted by atomic mass is 16.5. The number of nitrogens with zero attached hydrogens (tertiary/aromatic N) is 1. The molecule has 0 aromatic heterocycles. The number of benzene rings is 1. The maximum atomic E-state index is 12.5. The fourth-order valence-corrected chi connectivity index (χ4v) is 2.07. The van der Waals surface area contributed by atoms with Crippen molar-refractivity contribution in [1.82, 2.24) is 4.90 Å². The molecule has 18 heavy (non-hydrogen) atoms. The SMILES string of the molecule is COCCN(C(=O)c1cccc(N)c1C)C1CC1. The largest absolute Gasteiger partial charge is 0.398 e. The molecule has 4 nitrogen and oxygen atoms in total. The first-order valence-corrected chi connectivity index (χ1v) is 6.30. The molecule has 0 heterocycles. The smallest absolute Gasteiger partial charge is 0.254 e. The van der Waals surface area contributed by atoms with Gasteiger partial charge in [0.2, 0.25) is 0 Å². The van der Waals surface area contributed by atoms with E-state index < -0.39 is 0 Å². The maximum absolute atomic E-state index is 12.5. The molecule has 1 amide bonds. The van der Waals surface area contributed by atoms with Crippen molar-refractivity contribution in [2.75, 3.05) is 26.0 Å². The molecule has 1 aromatic rings. The van der Waals surface area contributed by atoms with Crippen LogP contribution in [0.5, 0.6) is 0 Å². The number of carbonyl (C=O) groups is 1. The number of hydrogen-bond donors (Lipinski definition) is 1. The van der Waals surface area contributed by atoms with Crippen molar-refractivity contribution in [1.29, 1.82) is 0 Å². The lowest BCUT2D eigenvalue weighted by Crippen LogP contribution is -2.36. The van der Waals surface area contributed by atoms with E-state index in [0.29, 0.717) is 30.4 Å². The number of methoxy groups -OCH3 is 1. The first kappa shape index (κ1) is 12.9. The number of nitrogen functional groups attached to an aromatic ring is 1. The summed E-state index contributed by atoms with van der Waals surface area (Å²) >= 11 is 0. The molecule has 1 aliphatic carbocycles. The van der Waals surface area contributed by atoms with Gasteiger partial charge in [0, 0.05) is 30.9 Å². The molecule has 98 valence electrons. The second-order valence-electron chi connectivity index (χ2n) is 4.74. The second-order valence-corrected chi connectivity index (χ2v) is 4.74. The monoisotopic (exact) mass is 248 g/mol. The molecule has 0 atom stereocenters. The summed E-state index contributed by atoms with van der Waals surface area (Å²) in [6, 6.07) is 5.88. The van der Waals surface area contributed by atoms with Crippen molar-refractivity contribution < 1.29 is 9.53 Å². The Morgan fingerprint density at radius 3 is 2.83 bits per heavy atom. The summed E-state index contributed by atoms with van der Waals surface area (Å²) in [7, 11) is 1.65. The zero-order valence-corrected chi connectivity index (χ0v) is 11.0. The average Bonchev–Trinajstić information content (AvgIpc) is 3.17. The van der Waals surface area contributed by atoms with E-state index >= 15 is 0 Å². The van der Waals surface area contributed by atoms with Crippen molar-refractivity contribution in [3.8, 4) is 0 Å². The number of carbonyl (C=O) groups excluding carboxylic acids is 1. The normalized spacial score (nSPS) is 14.6. The number of hydrogen-bond acceptors (Lipinski definition) is 3. The molecule has 0 radical (unpaired) electrons. The fourth-order valence-electron chi connectivity index (χ4n) is 2.07. The lowest BCUT2D eigenvalue weighted by molar-refractivity contribution is 0.0679. The van der Waals surface area contributed by atoms with Crippen molar-refractivity contribution in [3.63, 3.8) is 0 Å². The van der Waals surface area contributed by atoms with E-state index in [1.54, 1.807) is 7.11 Å². The van der Waals surface area contributed by atoms with Crippen LogP contribution in [0.2, 0.25) is 0 Å². The lowest BCUT2D eigenvalue weighted by atomic mass is 10.1. The molecular weight excluding hydrogens is 228 g/mol. The van der Waals surface area contributed by atoms with Crippen LogP contribution >= 0.6 is 0 Å². The van der Waals surface area contributed by atoms with E-state index in [1.807, 2.05) is 30.0 Å². The summed E-state index contributed by atoms with van der Waals surface area (Å²) in [4.78, 5) is 14.4. The van der Waals surface area contributed by atoms with E-state index in [1.165, 1.54) is 0 Å². The molecule has 0 aliphatic heterocycles. The van der Waals surface area contributed by atoms with Crippen LogP contribution in [0.4, 0.5) is 5.69 Å². The van der Waals surface area contributed by atoms with Gasteiger partial charge < -0.3 is 15.4 Å². The first-order valence-electron chi connectivity index (χ1n) is 6.30. The lowest BCUT2D eigenvalue weighted by Gasteiger charge is -2.23. The summed E-state index contributed by atoms with van der Waals surface area (Å²) in [5.74, 6) is 0.0688. The third-order valence-electron chi connectivity index (χ3n) is 3.39. The number of rotatable bonds is 5. The number of amides is 1. The third kappa shape index (κ3) is 2.64. The molecule has 0 unspecified atom stereocenters. The van der Waals surface area contributed by atoms with Gasteiger partial charge in [-0.2, -0.15) is 0 Å². The summed E-state index contributed by atoms with van der Waals surface area (Å²) in [6.45, 7) is 3.11. The molecule has 2 rings (SSSR count). The zero-order valence-electron chi connectivity index (χ0n) is 11.0. The standard InChI is InChI=1S/C14H20N2O2/c1-10-12(4-3-5-13(10)15)14(17)16(8-9-18-2)11-6-7-11/h3-5,11H,6-9,15H2,1-2H3. The summed E-state index contributed by atoms with van der Waals surface area (Å²) in [5.41, 5.74) is 8.10. The van der Waals surface area contributed by atoms with E-state index in [-0.39, 0.29) is 5.91 Å². The minimum Gasteiger partial charge on any atom is -0.398 e. The van der Waals surface area contributed by atoms with Crippen LogP contribution in [0.25, 0.3) is 0 Å². The minimum absolute atomic E-state index is 0.0688. The van der Waals surface area contributed by atoms with Crippen LogP contribution in [0.1, 0.15) is 28.8 Å². The van der Waals surface area contributed by atoms with Crippen molar-refractivity contribution in [2.45, 2.75) is 25.8 Å². The van der Waals surface area contributed by atoms with Crippen molar-refractivity contribution >= 4 is 11.6 Å². The van der Waals surface area contributed by atoms with Gasteiger partial charge in [0.15, 0.2) is 0 Å². The Bertz CT molecular complexity index is 441. The van der Waals surface area contributed by atoms with Crippen LogP contribution in [-0.2, 0) is 4.74 Å². The van der Waals surface area contributed by atoms with Crippen LogP contribution in [0.15, 0.2) is 18.2 Å². The Morgan fingerprint density at radius 2 is 2.22 bits per heavy atom. The molecule has 0 saturated heterocycles. The summed E-state index contributed by atoms with van der Waals surface area (Å²) < 4.78 is 5.07. The molecule has 1 aliphatic rings. The Kier molecular flexibility index (Phi) is 3.87. The first-order chi connectivity index (χ1) is 8.65. The summed E-state index contributed by atoms with van der Waals surface area (Å²) in [6.07, 6.45) is 2.19. The Hall–Kier alpha value is -1.55. The van der Waals surface area contributed by atoms with Gasteiger partial charge in [0.25, 0.3) is 5.91 Å². The van der Waals surface area contributed by atoms with Gasteiger partial charge in [0.05, 0.1) is 6.61 Å². The van der Waals surface area contributed by atoms with Crippen molar-refractivity contribution in [3.05, 3.63) is 29.3 Å². The maximum Gasteiger partial charge on any atom is 0.254 e. The predicted molar refractivity (Wildman–Crippen MR) is 71.5 cm³/mol. The summed E-state index contributed by atoms with van der Waals surface area (Å²) in [5, 5.41) is 0. The molecule has 1 aromatic carbocycles. The van der Waals surface area contributed by atoms with Gasteiger partial charge in [-0.25, -0.2) is 0 Å². The zero-order chi connectivity index (χ0) is 13.1. The molecule has 0 spiro atoms. The van der Waals surface area contributed by atoms with E-state index in [4.69, 9.17) is 10.5 Å². The quantitative estimate of drug-likeness (QED) is 0.809. The van der Waals surface area contributed by atoms with Crippen molar-refractivity contribution in [2.24, 2.45) is 0 Å². The molecule has 0 bridgehead atoms. The second kappa shape index (κ2) is 5.40. The van der Waals surface area contributed by atoms with E-state index in [2.05, 4.69) is 0 Å². The Morgan fingerprint density at radius 1 is 1.50 bits per heavy atom. The van der Waals surface area contributed by atoms with Crippen LogP contribution in [-0.4, -0.2) is 37.1 Å². The van der Waals surface area contributed by atoms with Gasteiger partial charge in [-0.15, -0.1) is 0 Å². The van der Waals surface area contributed by atoms with Gasteiger partial charge in [-0.1, -0.05) is 6.07 Å². The topological polar surface area (TPSA) is 55.6 Å².